The zero-order valence-corrected chi connectivity index (χ0v) is 9.37. The third-order valence-electron chi connectivity index (χ3n) is 2.49. The van der Waals surface area contributed by atoms with E-state index in [-0.39, 0.29) is 5.91 Å². The molecule has 0 aromatic carbocycles. The van der Waals surface area contributed by atoms with E-state index in [0.29, 0.717) is 13.0 Å². The standard InChI is InChI=1S/C10H18N2O3/c1-10(2,3)12(9(14)15)7-5-4-6-11-8(7)13/h7H,4-6H2,1-3H3,(H,11,13)(H,14,15)/p-1/t7-/m1/s1. The number of amides is 2. The number of hydrogen-bond acceptors (Lipinski definition) is 3. The van der Waals surface area contributed by atoms with Crippen molar-refractivity contribution in [3.8, 4) is 0 Å². The minimum Gasteiger partial charge on any atom is -0.530 e. The van der Waals surface area contributed by atoms with Gasteiger partial charge in [0, 0.05) is 12.1 Å². The zero-order chi connectivity index (χ0) is 11.6. The lowest BCUT2D eigenvalue weighted by molar-refractivity contribution is -0.273. The Morgan fingerprint density at radius 1 is 1.53 bits per heavy atom. The minimum atomic E-state index is -1.29. The smallest absolute Gasteiger partial charge is 0.242 e. The Hall–Kier alpha value is -1.26. The van der Waals surface area contributed by atoms with Crippen LogP contribution in [0.5, 0.6) is 0 Å². The summed E-state index contributed by atoms with van der Waals surface area (Å²) in [6.07, 6.45) is 0.0809. The molecule has 0 spiro atoms. The minimum absolute atomic E-state index is 0.222. The average molecular weight is 213 g/mol. The molecule has 0 unspecified atom stereocenters. The van der Waals surface area contributed by atoms with Gasteiger partial charge >= 0.3 is 0 Å². The van der Waals surface area contributed by atoms with Gasteiger partial charge in [0.2, 0.25) is 5.91 Å². The first-order valence-electron chi connectivity index (χ1n) is 5.12. The Bertz CT molecular complexity index is 270. The molecule has 1 fully saturated rings. The van der Waals surface area contributed by atoms with Gasteiger partial charge in [0.1, 0.15) is 12.1 Å². The van der Waals surface area contributed by atoms with Gasteiger partial charge in [-0.1, -0.05) is 0 Å². The third kappa shape index (κ3) is 2.61. The maximum Gasteiger partial charge on any atom is 0.242 e. The van der Waals surface area contributed by atoms with E-state index in [9.17, 15) is 14.7 Å². The highest BCUT2D eigenvalue weighted by atomic mass is 16.4. The van der Waals surface area contributed by atoms with E-state index in [0.717, 1.165) is 11.3 Å². The van der Waals surface area contributed by atoms with Crippen molar-refractivity contribution in [3.63, 3.8) is 0 Å². The fourth-order valence-electron chi connectivity index (χ4n) is 1.87. The Morgan fingerprint density at radius 2 is 2.13 bits per heavy atom. The number of nitrogens with one attached hydrogen (secondary N) is 1. The van der Waals surface area contributed by atoms with Crippen LogP contribution in [-0.2, 0) is 4.79 Å². The molecule has 0 bridgehead atoms. The summed E-state index contributed by atoms with van der Waals surface area (Å²) in [6, 6.07) is -0.608. The number of hydrogen-bond donors (Lipinski definition) is 1. The summed E-state index contributed by atoms with van der Waals surface area (Å²) >= 11 is 0. The average Bonchev–Trinajstić information content (AvgIpc) is 2.05. The van der Waals surface area contributed by atoms with Crippen LogP contribution in [0.1, 0.15) is 33.6 Å². The monoisotopic (exact) mass is 213 g/mol. The van der Waals surface area contributed by atoms with E-state index in [2.05, 4.69) is 5.32 Å². The Morgan fingerprint density at radius 3 is 2.53 bits per heavy atom. The van der Waals surface area contributed by atoms with E-state index in [1.165, 1.54) is 0 Å². The molecule has 1 N–H and O–H groups in total. The first-order valence-corrected chi connectivity index (χ1v) is 5.12. The molecule has 0 aromatic rings. The van der Waals surface area contributed by atoms with Gasteiger partial charge in [0.25, 0.3) is 0 Å². The van der Waals surface area contributed by atoms with Gasteiger partial charge in [-0.2, -0.15) is 0 Å². The van der Waals surface area contributed by atoms with Gasteiger partial charge in [-0.25, -0.2) is 0 Å². The molecule has 1 aliphatic rings. The van der Waals surface area contributed by atoms with Crippen LogP contribution in [0.3, 0.4) is 0 Å². The first-order chi connectivity index (χ1) is 6.84. The molecule has 1 saturated heterocycles. The summed E-state index contributed by atoms with van der Waals surface area (Å²) in [5.41, 5.74) is -0.613. The topological polar surface area (TPSA) is 72.5 Å². The molecule has 0 saturated carbocycles. The van der Waals surface area contributed by atoms with Crippen LogP contribution in [0.25, 0.3) is 0 Å². The predicted molar refractivity (Wildman–Crippen MR) is 53.0 cm³/mol. The summed E-state index contributed by atoms with van der Waals surface area (Å²) in [6.45, 7) is 5.89. The highest BCUT2D eigenvalue weighted by molar-refractivity contribution is 5.85. The molecule has 1 atom stereocenters. The summed E-state index contributed by atoms with van der Waals surface area (Å²) in [7, 11) is 0. The van der Waals surface area contributed by atoms with Crippen molar-refractivity contribution in [2.45, 2.75) is 45.2 Å². The first kappa shape index (κ1) is 11.8. The van der Waals surface area contributed by atoms with Crippen LogP contribution >= 0.6 is 0 Å². The van der Waals surface area contributed by atoms with Gasteiger partial charge in [0.15, 0.2) is 0 Å². The molecule has 2 amide bonds. The van der Waals surface area contributed by atoms with Crippen LogP contribution in [-0.4, -0.2) is 35.0 Å². The summed E-state index contributed by atoms with van der Waals surface area (Å²) in [5, 5.41) is 13.7. The number of carbonyl (C=O) groups is 2. The normalized spacial score (nSPS) is 22.1. The molecular formula is C10H17N2O3-. The highest BCUT2D eigenvalue weighted by Gasteiger charge is 2.34. The van der Waals surface area contributed by atoms with Crippen molar-refractivity contribution in [2.75, 3.05) is 6.54 Å². The fourth-order valence-corrected chi connectivity index (χ4v) is 1.87. The van der Waals surface area contributed by atoms with Crippen LogP contribution in [0.2, 0.25) is 0 Å². The van der Waals surface area contributed by atoms with E-state index >= 15 is 0 Å². The lowest BCUT2D eigenvalue weighted by Gasteiger charge is -2.44. The second-order valence-electron chi connectivity index (χ2n) is 4.76. The molecule has 15 heavy (non-hydrogen) atoms. The number of piperidine rings is 1. The number of carbonyl (C=O) groups excluding carboxylic acids is 2. The SMILES string of the molecule is CC(C)(C)N(C(=O)[O-])[C@@H]1CCCNC1=O. The highest BCUT2D eigenvalue weighted by Crippen LogP contribution is 2.21. The van der Waals surface area contributed by atoms with E-state index in [1.54, 1.807) is 20.8 Å². The molecule has 5 nitrogen and oxygen atoms in total. The predicted octanol–water partition coefficient (Wildman–Crippen LogP) is -0.291. The molecular weight excluding hydrogens is 196 g/mol. The van der Waals surface area contributed by atoms with Crippen molar-refractivity contribution in [1.82, 2.24) is 10.2 Å². The largest absolute Gasteiger partial charge is 0.530 e. The maximum atomic E-state index is 11.5. The Kier molecular flexibility index (Phi) is 3.21. The van der Waals surface area contributed by atoms with Crippen LogP contribution in [0.15, 0.2) is 0 Å². The van der Waals surface area contributed by atoms with E-state index in [4.69, 9.17) is 0 Å². The quantitative estimate of drug-likeness (QED) is 0.650. The molecule has 0 radical (unpaired) electrons. The number of nitrogens with zero attached hydrogens (tertiary/aromatic N) is 1. The maximum absolute atomic E-state index is 11.5. The van der Waals surface area contributed by atoms with Gasteiger partial charge in [-0.05, 0) is 33.6 Å². The van der Waals surface area contributed by atoms with Crippen LogP contribution in [0.4, 0.5) is 4.79 Å². The summed E-state index contributed by atoms with van der Waals surface area (Å²) in [5.74, 6) is -0.222. The van der Waals surface area contributed by atoms with Crippen molar-refractivity contribution < 1.29 is 14.7 Å². The van der Waals surface area contributed by atoms with Crippen molar-refractivity contribution in [2.24, 2.45) is 0 Å². The summed E-state index contributed by atoms with van der Waals surface area (Å²) in [4.78, 5) is 23.7. The number of rotatable bonds is 1. The van der Waals surface area contributed by atoms with Crippen molar-refractivity contribution in [1.29, 1.82) is 0 Å². The van der Waals surface area contributed by atoms with Crippen LogP contribution < -0.4 is 10.4 Å². The zero-order valence-electron chi connectivity index (χ0n) is 9.37. The molecule has 1 aliphatic heterocycles. The van der Waals surface area contributed by atoms with E-state index < -0.39 is 17.7 Å². The molecule has 0 aliphatic carbocycles. The van der Waals surface area contributed by atoms with Crippen molar-refractivity contribution >= 4 is 12.0 Å². The van der Waals surface area contributed by atoms with Crippen LogP contribution in [0, 0.1) is 0 Å². The van der Waals surface area contributed by atoms with E-state index in [1.807, 2.05) is 0 Å². The summed E-state index contributed by atoms with van der Waals surface area (Å²) < 4.78 is 0. The lowest BCUT2D eigenvalue weighted by atomic mass is 9.98. The van der Waals surface area contributed by atoms with Crippen molar-refractivity contribution in [3.05, 3.63) is 0 Å². The van der Waals surface area contributed by atoms with Gasteiger partial charge < -0.3 is 20.1 Å². The number of carboxylic acid groups (broad SMARTS) is 1. The Labute approximate surface area is 89.4 Å². The van der Waals surface area contributed by atoms with Gasteiger partial charge in [-0.3, -0.25) is 4.79 Å². The molecule has 5 heteroatoms. The van der Waals surface area contributed by atoms with Gasteiger partial charge in [-0.15, -0.1) is 0 Å². The second-order valence-corrected chi connectivity index (χ2v) is 4.76. The molecule has 86 valence electrons. The second kappa shape index (κ2) is 4.08. The molecule has 0 aromatic heterocycles. The fraction of sp³-hybridized carbons (Fsp3) is 0.800. The Balaban J connectivity index is 2.88. The third-order valence-corrected chi connectivity index (χ3v) is 2.49. The lowest BCUT2D eigenvalue weighted by Crippen LogP contribution is -2.62. The van der Waals surface area contributed by atoms with Gasteiger partial charge in [0.05, 0.1) is 0 Å². The molecule has 1 rings (SSSR count). The molecule has 1 heterocycles.